The molecule has 10 heteroatoms. The van der Waals surface area contributed by atoms with E-state index in [4.69, 9.17) is 0 Å². The third kappa shape index (κ3) is 3.74. The number of aryl methyl sites for hydroxylation is 1. The fourth-order valence-electron chi connectivity index (χ4n) is 2.41. The molecule has 0 bridgehead atoms. The quantitative estimate of drug-likeness (QED) is 0.624. The van der Waals surface area contributed by atoms with Gasteiger partial charge in [-0.1, -0.05) is 6.07 Å². The van der Waals surface area contributed by atoms with Crippen LogP contribution in [0.4, 0.5) is 21.3 Å². The van der Waals surface area contributed by atoms with Crippen molar-refractivity contribution in [3.05, 3.63) is 45.0 Å². The number of carbonyl (C=O) groups is 2. The standard InChI is InChI=1S/C15H15N5O4S/c1-9-2-3-10(6-12(9)20(23)24)17-13(21)7-11-8-25-15(18-11)19-5-4-16-14(19)22/h2-3,6,8H,4-5,7H2,1H3,(H,16,22)(H,17,21). The van der Waals surface area contributed by atoms with Crippen molar-refractivity contribution in [3.63, 3.8) is 0 Å². The number of nitro groups is 1. The van der Waals surface area contributed by atoms with Crippen LogP contribution >= 0.6 is 11.3 Å². The molecular formula is C15H15N5O4S. The van der Waals surface area contributed by atoms with Crippen molar-refractivity contribution in [1.82, 2.24) is 10.3 Å². The van der Waals surface area contributed by atoms with E-state index < -0.39 is 4.92 Å². The number of hydrogen-bond donors (Lipinski definition) is 2. The Hall–Kier alpha value is -3.01. The van der Waals surface area contributed by atoms with Crippen molar-refractivity contribution in [1.29, 1.82) is 0 Å². The van der Waals surface area contributed by atoms with Gasteiger partial charge in [-0.2, -0.15) is 0 Å². The van der Waals surface area contributed by atoms with Gasteiger partial charge < -0.3 is 10.6 Å². The van der Waals surface area contributed by atoms with Gasteiger partial charge >= 0.3 is 6.03 Å². The topological polar surface area (TPSA) is 117 Å². The second-order valence-electron chi connectivity index (χ2n) is 5.49. The zero-order chi connectivity index (χ0) is 18.0. The summed E-state index contributed by atoms with van der Waals surface area (Å²) in [6, 6.07) is 4.33. The Morgan fingerprint density at radius 1 is 1.52 bits per heavy atom. The summed E-state index contributed by atoms with van der Waals surface area (Å²) in [5, 5.41) is 18.5. The van der Waals surface area contributed by atoms with Crippen molar-refractivity contribution in [2.24, 2.45) is 0 Å². The van der Waals surface area contributed by atoms with Crippen molar-refractivity contribution in [3.8, 4) is 0 Å². The van der Waals surface area contributed by atoms with Crippen LogP contribution in [0.3, 0.4) is 0 Å². The number of nitro benzene ring substituents is 1. The maximum Gasteiger partial charge on any atom is 0.323 e. The highest BCUT2D eigenvalue weighted by molar-refractivity contribution is 7.14. The molecule has 0 saturated carbocycles. The van der Waals surface area contributed by atoms with Crippen molar-refractivity contribution < 1.29 is 14.5 Å². The fourth-order valence-corrected chi connectivity index (χ4v) is 3.26. The number of benzene rings is 1. The normalized spacial score (nSPS) is 13.6. The smallest absolute Gasteiger partial charge is 0.323 e. The first-order valence-electron chi connectivity index (χ1n) is 7.48. The lowest BCUT2D eigenvalue weighted by Crippen LogP contribution is -2.27. The molecule has 1 saturated heterocycles. The lowest BCUT2D eigenvalue weighted by Gasteiger charge is -2.08. The molecule has 1 aromatic heterocycles. The molecule has 2 aromatic rings. The molecule has 130 valence electrons. The van der Waals surface area contributed by atoms with Crippen molar-refractivity contribution in [2.45, 2.75) is 13.3 Å². The van der Waals surface area contributed by atoms with Gasteiger partial charge in [-0.15, -0.1) is 11.3 Å². The summed E-state index contributed by atoms with van der Waals surface area (Å²) in [5.74, 6) is -0.333. The lowest BCUT2D eigenvalue weighted by atomic mass is 10.2. The molecule has 2 N–H and O–H groups in total. The van der Waals surface area contributed by atoms with E-state index >= 15 is 0 Å². The molecule has 0 atom stereocenters. The summed E-state index contributed by atoms with van der Waals surface area (Å²) in [6.45, 7) is 2.75. The number of nitrogens with one attached hydrogen (secondary N) is 2. The van der Waals surface area contributed by atoms with Crippen LogP contribution in [0.15, 0.2) is 23.6 Å². The Balaban J connectivity index is 1.65. The van der Waals surface area contributed by atoms with Crippen LogP contribution in [-0.2, 0) is 11.2 Å². The Bertz CT molecular complexity index is 850. The Kier molecular flexibility index (Phi) is 4.61. The van der Waals surface area contributed by atoms with Crippen LogP contribution in [-0.4, -0.2) is 34.9 Å². The van der Waals surface area contributed by atoms with Gasteiger partial charge in [0.15, 0.2) is 5.13 Å². The monoisotopic (exact) mass is 361 g/mol. The maximum absolute atomic E-state index is 12.1. The number of rotatable bonds is 5. The lowest BCUT2D eigenvalue weighted by molar-refractivity contribution is -0.385. The van der Waals surface area contributed by atoms with Crippen molar-refractivity contribution >= 4 is 39.8 Å². The van der Waals surface area contributed by atoms with Gasteiger partial charge in [0.1, 0.15) is 0 Å². The van der Waals surface area contributed by atoms with Crippen LogP contribution < -0.4 is 15.5 Å². The highest BCUT2D eigenvalue weighted by atomic mass is 32.1. The third-order valence-corrected chi connectivity index (χ3v) is 4.57. The second-order valence-corrected chi connectivity index (χ2v) is 6.32. The molecule has 3 rings (SSSR count). The first-order chi connectivity index (χ1) is 11.9. The molecule has 9 nitrogen and oxygen atoms in total. The third-order valence-electron chi connectivity index (χ3n) is 3.66. The molecule has 3 amide bonds. The van der Waals surface area contributed by atoms with Gasteiger partial charge in [-0.05, 0) is 13.0 Å². The van der Waals surface area contributed by atoms with E-state index in [9.17, 15) is 19.7 Å². The number of thiazole rings is 1. The first kappa shape index (κ1) is 16.8. The summed E-state index contributed by atoms with van der Waals surface area (Å²) >= 11 is 1.29. The molecule has 0 unspecified atom stereocenters. The number of anilines is 2. The number of urea groups is 1. The molecule has 0 spiro atoms. The van der Waals surface area contributed by atoms with E-state index in [-0.39, 0.29) is 24.0 Å². The van der Waals surface area contributed by atoms with Gasteiger partial charge in [0, 0.05) is 35.8 Å². The molecule has 1 aliphatic heterocycles. The minimum absolute atomic E-state index is 0.0215. The predicted octanol–water partition coefficient (Wildman–Crippen LogP) is 2.07. The number of aromatic nitrogens is 1. The van der Waals surface area contributed by atoms with Crippen LogP contribution in [0.1, 0.15) is 11.3 Å². The predicted molar refractivity (Wildman–Crippen MR) is 93.0 cm³/mol. The fraction of sp³-hybridized carbons (Fsp3) is 0.267. The first-order valence-corrected chi connectivity index (χ1v) is 8.36. The SMILES string of the molecule is Cc1ccc(NC(=O)Cc2csc(N3CCNC3=O)n2)cc1[N+](=O)[O-]. The zero-order valence-corrected chi connectivity index (χ0v) is 14.1. The number of nitrogens with zero attached hydrogens (tertiary/aromatic N) is 3. The molecular weight excluding hydrogens is 346 g/mol. The maximum atomic E-state index is 12.1. The van der Waals surface area contributed by atoms with Crippen LogP contribution in [0, 0.1) is 17.0 Å². The molecule has 2 heterocycles. The summed E-state index contributed by atoms with van der Waals surface area (Å²) in [7, 11) is 0. The summed E-state index contributed by atoms with van der Waals surface area (Å²) in [6.07, 6.45) is 0.0215. The molecule has 0 radical (unpaired) electrons. The number of carbonyl (C=O) groups excluding carboxylic acids is 2. The summed E-state index contributed by atoms with van der Waals surface area (Å²) in [5.41, 5.74) is 1.38. The highest BCUT2D eigenvalue weighted by Crippen LogP contribution is 2.24. The summed E-state index contributed by atoms with van der Waals surface area (Å²) in [4.78, 5) is 40.0. The molecule has 1 aliphatic rings. The highest BCUT2D eigenvalue weighted by Gasteiger charge is 2.24. The minimum Gasteiger partial charge on any atom is -0.336 e. The van der Waals surface area contributed by atoms with Gasteiger partial charge in [-0.25, -0.2) is 9.78 Å². The summed E-state index contributed by atoms with van der Waals surface area (Å²) < 4.78 is 0. The average Bonchev–Trinajstić information content (AvgIpc) is 3.17. The van der Waals surface area contributed by atoms with Gasteiger partial charge in [0.05, 0.1) is 17.0 Å². The van der Waals surface area contributed by atoms with E-state index in [0.717, 1.165) is 0 Å². The second kappa shape index (κ2) is 6.85. The van der Waals surface area contributed by atoms with E-state index in [0.29, 0.717) is 35.2 Å². The van der Waals surface area contributed by atoms with Crippen LogP contribution in [0.25, 0.3) is 0 Å². The Morgan fingerprint density at radius 2 is 2.32 bits per heavy atom. The van der Waals surface area contributed by atoms with Gasteiger partial charge in [0.25, 0.3) is 5.69 Å². The van der Waals surface area contributed by atoms with Crippen LogP contribution in [0.5, 0.6) is 0 Å². The van der Waals surface area contributed by atoms with Crippen molar-refractivity contribution in [2.75, 3.05) is 23.3 Å². The zero-order valence-electron chi connectivity index (χ0n) is 13.3. The Labute approximate surface area is 146 Å². The van der Waals surface area contributed by atoms with Gasteiger partial charge in [-0.3, -0.25) is 19.8 Å². The Morgan fingerprint density at radius 3 is 3.00 bits per heavy atom. The molecule has 0 aliphatic carbocycles. The van der Waals surface area contributed by atoms with E-state index in [2.05, 4.69) is 15.6 Å². The van der Waals surface area contributed by atoms with Crippen LogP contribution in [0.2, 0.25) is 0 Å². The molecule has 1 aromatic carbocycles. The number of amides is 3. The molecule has 25 heavy (non-hydrogen) atoms. The van der Waals surface area contributed by atoms with E-state index in [1.165, 1.54) is 22.3 Å². The molecule has 1 fully saturated rings. The van der Waals surface area contributed by atoms with E-state index in [1.54, 1.807) is 24.4 Å². The number of hydrogen-bond acceptors (Lipinski definition) is 6. The van der Waals surface area contributed by atoms with E-state index in [1.807, 2.05) is 0 Å². The average molecular weight is 361 g/mol. The van der Waals surface area contributed by atoms with Gasteiger partial charge in [0.2, 0.25) is 5.91 Å². The largest absolute Gasteiger partial charge is 0.336 e. The minimum atomic E-state index is -0.487.